The molecule has 6 saturated carbocycles. The second kappa shape index (κ2) is 15.3. The van der Waals surface area contributed by atoms with Crippen LogP contribution < -0.4 is 0 Å². The molecule has 1 aliphatic heterocycles. The Labute approximate surface area is 320 Å². The van der Waals surface area contributed by atoms with Gasteiger partial charge in [-0.05, 0) is 101 Å². The second-order valence-electron chi connectivity index (χ2n) is 18.5. The Morgan fingerprint density at radius 3 is 2.29 bits per heavy atom. The maximum Gasteiger partial charge on any atom is 0.465 e. The van der Waals surface area contributed by atoms with Crippen molar-refractivity contribution in [1.82, 2.24) is 0 Å². The zero-order valence-corrected chi connectivity index (χ0v) is 32.2. The number of alkyl halides is 2. The van der Waals surface area contributed by atoms with Crippen LogP contribution in [0.15, 0.2) is 0 Å². The number of fused-ring (bicyclic) bond motifs is 6. The first-order valence-electron chi connectivity index (χ1n) is 20.1. The molecule has 6 bridgehead atoms. The zero-order valence-electron chi connectivity index (χ0n) is 31.4. The van der Waals surface area contributed by atoms with Gasteiger partial charge in [0.2, 0.25) is 0 Å². The van der Waals surface area contributed by atoms with Gasteiger partial charge in [0.05, 0.1) is 30.0 Å². The molecule has 1 N–H and O–H groups in total. The molecule has 0 spiro atoms. The highest BCUT2D eigenvalue weighted by atomic mass is 32.2. The molecule has 308 valence electrons. The predicted molar refractivity (Wildman–Crippen MR) is 186 cm³/mol. The van der Waals surface area contributed by atoms with Crippen LogP contribution in [-0.2, 0) is 57.8 Å². The van der Waals surface area contributed by atoms with Gasteiger partial charge in [-0.1, -0.05) is 26.2 Å². The van der Waals surface area contributed by atoms with Crippen molar-refractivity contribution in [1.29, 1.82) is 0 Å². The topological polar surface area (TPSA) is 186 Å². The van der Waals surface area contributed by atoms with Gasteiger partial charge in [-0.2, -0.15) is 17.2 Å². The summed E-state index contributed by atoms with van der Waals surface area (Å²) in [6.45, 7) is 1.47. The van der Waals surface area contributed by atoms with Crippen molar-refractivity contribution in [2.45, 2.75) is 127 Å². The van der Waals surface area contributed by atoms with E-state index in [9.17, 15) is 41.2 Å². The van der Waals surface area contributed by atoms with Gasteiger partial charge in [-0.3, -0.25) is 18.9 Å². The first kappa shape index (κ1) is 40.6. The smallest absolute Gasteiger partial charge is 0.465 e. The van der Waals surface area contributed by atoms with Crippen molar-refractivity contribution >= 4 is 40.1 Å². The van der Waals surface area contributed by atoms with Crippen molar-refractivity contribution in [2.75, 3.05) is 26.4 Å². The normalized spacial score (nSPS) is 41.7. The number of carbonyl (C=O) groups excluding carboxylic acids is 5. The van der Waals surface area contributed by atoms with Crippen LogP contribution in [0.5, 0.6) is 0 Å². The van der Waals surface area contributed by atoms with Crippen molar-refractivity contribution in [3.8, 4) is 0 Å². The fourth-order valence-corrected chi connectivity index (χ4v) is 11.9. The van der Waals surface area contributed by atoms with E-state index in [-0.39, 0.29) is 87.0 Å². The quantitative estimate of drug-likeness (QED) is 0.124. The molecule has 0 radical (unpaired) electrons. The van der Waals surface area contributed by atoms with Crippen molar-refractivity contribution in [3.63, 3.8) is 0 Å². The number of ether oxygens (including phenoxy) is 5. The van der Waals surface area contributed by atoms with E-state index in [1.165, 1.54) is 0 Å². The van der Waals surface area contributed by atoms with Gasteiger partial charge < -0.3 is 28.5 Å². The van der Waals surface area contributed by atoms with E-state index in [0.29, 0.717) is 44.9 Å². The first-order chi connectivity index (χ1) is 25.9. The maximum absolute atomic E-state index is 14.3. The third kappa shape index (κ3) is 8.25. The summed E-state index contributed by atoms with van der Waals surface area (Å²) >= 11 is 0. The molecule has 0 aromatic rings. The van der Waals surface area contributed by atoms with Crippen molar-refractivity contribution in [3.05, 3.63) is 0 Å². The number of rotatable bonds is 11. The molecule has 7 aliphatic rings. The molecular formula is C39H54F2O13S. The Bertz CT molecular complexity index is 1630. The lowest BCUT2D eigenvalue weighted by atomic mass is 9.59. The van der Waals surface area contributed by atoms with Crippen LogP contribution in [0.25, 0.3) is 0 Å². The minimum Gasteiger partial charge on any atom is -0.465 e. The summed E-state index contributed by atoms with van der Waals surface area (Å²) in [5.74, 6) is -3.74. The summed E-state index contributed by atoms with van der Waals surface area (Å²) in [6, 6.07) is 0. The summed E-state index contributed by atoms with van der Waals surface area (Å²) in [4.78, 5) is 64.5. The fraction of sp³-hybridized carbons (Fsp3) is 0.872. The molecule has 10 atom stereocenters. The van der Waals surface area contributed by atoms with Gasteiger partial charge in [0.25, 0.3) is 0 Å². The molecule has 0 aromatic heterocycles. The summed E-state index contributed by atoms with van der Waals surface area (Å²) in [6.07, 6.45) is 9.34. The minimum absolute atomic E-state index is 0.0173. The van der Waals surface area contributed by atoms with E-state index in [1.54, 1.807) is 0 Å². The number of hydrogen-bond donors (Lipinski definition) is 1. The van der Waals surface area contributed by atoms with E-state index in [0.717, 1.165) is 44.8 Å². The molecule has 7 rings (SSSR count). The van der Waals surface area contributed by atoms with E-state index in [4.69, 9.17) is 28.2 Å². The molecular weight excluding hydrogens is 746 g/mol. The molecule has 13 nitrogen and oxygen atoms in total. The van der Waals surface area contributed by atoms with Gasteiger partial charge in [-0.15, -0.1) is 0 Å². The van der Waals surface area contributed by atoms with Crippen molar-refractivity contribution < 1.29 is 69.4 Å². The van der Waals surface area contributed by atoms with Crippen LogP contribution >= 0.6 is 0 Å². The number of carbonyl (C=O) groups is 5. The van der Waals surface area contributed by atoms with E-state index >= 15 is 0 Å². The molecule has 7 fully saturated rings. The van der Waals surface area contributed by atoms with Crippen LogP contribution in [0.3, 0.4) is 0 Å². The zero-order chi connectivity index (χ0) is 39.4. The second-order valence-corrected chi connectivity index (χ2v) is 19.9. The average Bonchev–Trinajstić information content (AvgIpc) is 3.14. The number of ketones is 1. The molecule has 10 unspecified atom stereocenters. The van der Waals surface area contributed by atoms with Gasteiger partial charge in [-0.25, -0.2) is 4.79 Å². The SMILES string of the molecule is CC1CC2CC(C(=O)OCC3(COC(=O)C45CCCC(CC(C=O)C4)C5)COC(C4CC5CCCC(OC(=O)C(F)(F)S(=O)(=O)O)(C5)C4)OC3)CC(C2)C1=O. The van der Waals surface area contributed by atoms with Crippen LogP contribution in [0, 0.1) is 58.2 Å². The van der Waals surface area contributed by atoms with Crippen molar-refractivity contribution in [2.24, 2.45) is 58.2 Å². The lowest BCUT2D eigenvalue weighted by Crippen LogP contribution is -2.55. The predicted octanol–water partition coefficient (Wildman–Crippen LogP) is 5.22. The highest BCUT2D eigenvalue weighted by Crippen LogP contribution is 2.53. The van der Waals surface area contributed by atoms with Crippen LogP contribution in [0.1, 0.15) is 110 Å². The fourth-order valence-electron chi connectivity index (χ4n) is 11.7. The Hall–Kier alpha value is -2.56. The maximum atomic E-state index is 14.3. The summed E-state index contributed by atoms with van der Waals surface area (Å²) < 4.78 is 90.0. The first-order valence-corrected chi connectivity index (χ1v) is 21.5. The molecule has 0 aromatic carbocycles. The third-order valence-electron chi connectivity index (χ3n) is 14.1. The summed E-state index contributed by atoms with van der Waals surface area (Å²) in [5, 5.41) is -5.12. The lowest BCUT2D eigenvalue weighted by Gasteiger charge is -2.50. The van der Waals surface area contributed by atoms with E-state index < -0.39 is 67.8 Å². The molecule has 55 heavy (non-hydrogen) atoms. The minimum atomic E-state index is -6.05. The number of esters is 3. The standard InChI is InChI=1S/C39H54F2O13S/c1-23-8-26-11-28(31(23)43)13-29(12-26)32(44)50-19-36(22-53-34(45)37-6-2-4-24(14-37)9-27(15-37)18-42)20-51-33(52-21-36)30-10-25-5-3-7-38(16-25,17-30)54-35(46)39(40,41)55(47,48)49/h18,23-30,33H,2-17,19-22H2,1H3,(H,47,48,49). The number of Topliss-reactive ketones (excluding diaryl/α,β-unsaturated/α-hetero) is 1. The van der Waals surface area contributed by atoms with Gasteiger partial charge >= 0.3 is 33.3 Å². The third-order valence-corrected chi connectivity index (χ3v) is 15.0. The van der Waals surface area contributed by atoms with E-state index in [1.807, 2.05) is 6.92 Å². The monoisotopic (exact) mass is 800 g/mol. The number of aldehydes is 1. The highest BCUT2D eigenvalue weighted by molar-refractivity contribution is 7.87. The number of halogens is 2. The Morgan fingerprint density at radius 1 is 0.891 bits per heavy atom. The van der Waals surface area contributed by atoms with Gasteiger partial charge in [0.1, 0.15) is 30.9 Å². The highest BCUT2D eigenvalue weighted by Gasteiger charge is 2.59. The largest absolute Gasteiger partial charge is 0.465 e. The molecule has 0 amide bonds. The van der Waals surface area contributed by atoms with Gasteiger partial charge in [0, 0.05) is 23.7 Å². The molecule has 6 aliphatic carbocycles. The Morgan fingerprint density at radius 2 is 1.58 bits per heavy atom. The molecule has 16 heteroatoms. The molecule has 1 saturated heterocycles. The summed E-state index contributed by atoms with van der Waals surface area (Å²) in [5.41, 5.74) is -3.28. The van der Waals surface area contributed by atoms with Crippen LogP contribution in [0.4, 0.5) is 8.78 Å². The Kier molecular flexibility index (Phi) is 11.3. The van der Waals surface area contributed by atoms with Crippen LogP contribution in [0.2, 0.25) is 0 Å². The average molecular weight is 801 g/mol. The molecule has 1 heterocycles. The lowest BCUT2D eigenvalue weighted by molar-refractivity contribution is -0.279. The number of hydrogen-bond acceptors (Lipinski definition) is 12. The van der Waals surface area contributed by atoms with E-state index in [2.05, 4.69) is 0 Å². The van der Waals surface area contributed by atoms with Crippen LogP contribution in [-0.4, -0.2) is 86.5 Å². The Balaban J connectivity index is 1.04. The summed E-state index contributed by atoms with van der Waals surface area (Å²) in [7, 11) is -6.05. The van der Waals surface area contributed by atoms with Gasteiger partial charge in [0.15, 0.2) is 6.29 Å².